The Hall–Kier alpha value is -2.43. The second kappa shape index (κ2) is 8.41. The van der Waals surface area contributed by atoms with Crippen molar-refractivity contribution in [1.29, 1.82) is 0 Å². The van der Waals surface area contributed by atoms with Crippen molar-refractivity contribution in [1.82, 2.24) is 9.21 Å². The number of hydrogen-bond acceptors (Lipinski definition) is 7. The Bertz CT molecular complexity index is 1180. The molecule has 0 aliphatic carbocycles. The van der Waals surface area contributed by atoms with Crippen LogP contribution in [0.3, 0.4) is 0 Å². The Labute approximate surface area is 198 Å². The summed E-state index contributed by atoms with van der Waals surface area (Å²) in [6, 6.07) is 8.84. The van der Waals surface area contributed by atoms with E-state index < -0.39 is 38.7 Å². The fourth-order valence-electron chi connectivity index (χ4n) is 4.67. The van der Waals surface area contributed by atoms with E-state index in [0.717, 1.165) is 26.1 Å². The molecule has 1 saturated heterocycles. The molecule has 3 heterocycles. The molecule has 2 aliphatic heterocycles. The highest BCUT2D eigenvalue weighted by molar-refractivity contribution is 7.90. The van der Waals surface area contributed by atoms with Crippen LogP contribution in [0, 0.1) is 0 Å². The summed E-state index contributed by atoms with van der Waals surface area (Å²) in [4.78, 5) is 28.5. The average Bonchev–Trinajstić information content (AvgIpc) is 3.24. The molecule has 10 heteroatoms. The number of methoxy groups -OCH3 is 1. The van der Waals surface area contributed by atoms with E-state index in [1.807, 2.05) is 35.2 Å². The number of primary amides is 1. The van der Waals surface area contributed by atoms with Gasteiger partial charge in [-0.2, -0.15) is 0 Å². The van der Waals surface area contributed by atoms with Crippen molar-refractivity contribution < 1.29 is 22.7 Å². The first-order valence-corrected chi connectivity index (χ1v) is 13.1. The number of nitrogens with zero attached hydrogens (tertiary/aromatic N) is 2. The molecule has 2 aromatic rings. The monoisotopic (exact) mass is 491 g/mol. The molecule has 1 aromatic carbocycles. The molecule has 1 aromatic heterocycles. The fraction of sp³-hybridized carbons (Fsp3) is 0.478. The summed E-state index contributed by atoms with van der Waals surface area (Å²) in [6.07, 6.45) is 0.589. The second-order valence-corrected chi connectivity index (χ2v) is 12.6. The number of hydrogen-bond donors (Lipinski definition) is 1. The number of sulfonamides is 1. The molecule has 0 saturated carbocycles. The SMILES string of the molecule is COc1ccc(CN2CCc3cc(C4CC(=O)N(C(C)(C)C)S4(=O)=O)sc3C2C(N)=O)cc1. The van der Waals surface area contributed by atoms with Crippen LogP contribution in [-0.4, -0.2) is 48.6 Å². The Morgan fingerprint density at radius 1 is 1.24 bits per heavy atom. The smallest absolute Gasteiger partial charge is 0.246 e. The van der Waals surface area contributed by atoms with E-state index in [9.17, 15) is 18.0 Å². The van der Waals surface area contributed by atoms with Crippen molar-refractivity contribution in [3.8, 4) is 5.75 Å². The van der Waals surface area contributed by atoms with Crippen LogP contribution < -0.4 is 10.5 Å². The number of amides is 2. The Morgan fingerprint density at radius 3 is 2.45 bits per heavy atom. The molecule has 1 fully saturated rings. The minimum absolute atomic E-state index is 0.0875. The molecule has 2 atom stereocenters. The van der Waals surface area contributed by atoms with E-state index in [2.05, 4.69) is 0 Å². The maximum Gasteiger partial charge on any atom is 0.246 e. The maximum atomic E-state index is 13.2. The van der Waals surface area contributed by atoms with Crippen LogP contribution >= 0.6 is 11.3 Å². The normalized spacial score (nSPS) is 22.9. The number of ether oxygens (including phenoxy) is 1. The number of benzene rings is 1. The zero-order valence-electron chi connectivity index (χ0n) is 19.2. The van der Waals surface area contributed by atoms with Crippen molar-refractivity contribution in [2.75, 3.05) is 13.7 Å². The Morgan fingerprint density at radius 2 is 1.91 bits per heavy atom. The Balaban J connectivity index is 1.65. The molecule has 8 nitrogen and oxygen atoms in total. The molecule has 0 radical (unpaired) electrons. The summed E-state index contributed by atoms with van der Waals surface area (Å²) in [5, 5.41) is -0.927. The molecule has 2 N–H and O–H groups in total. The van der Waals surface area contributed by atoms with E-state index in [0.29, 0.717) is 24.4 Å². The van der Waals surface area contributed by atoms with Gasteiger partial charge in [0.05, 0.1) is 19.1 Å². The van der Waals surface area contributed by atoms with Crippen molar-refractivity contribution in [2.24, 2.45) is 5.73 Å². The molecule has 0 spiro atoms. The van der Waals surface area contributed by atoms with Crippen LogP contribution in [0.1, 0.15) is 59.4 Å². The molecule has 4 rings (SSSR count). The summed E-state index contributed by atoms with van der Waals surface area (Å²) in [6.45, 7) is 6.29. The van der Waals surface area contributed by atoms with E-state index in [1.165, 1.54) is 11.3 Å². The van der Waals surface area contributed by atoms with Crippen molar-refractivity contribution >= 4 is 33.2 Å². The summed E-state index contributed by atoms with van der Waals surface area (Å²) >= 11 is 1.29. The molecular weight excluding hydrogens is 462 g/mol. The van der Waals surface area contributed by atoms with Crippen LogP contribution in [0.15, 0.2) is 30.3 Å². The zero-order chi connectivity index (χ0) is 24.1. The number of nitrogens with two attached hydrogens (primary N) is 1. The van der Waals surface area contributed by atoms with Gasteiger partial charge in [-0.1, -0.05) is 12.1 Å². The quantitative estimate of drug-likeness (QED) is 0.689. The molecule has 2 aliphatic rings. The number of thiophene rings is 1. The zero-order valence-corrected chi connectivity index (χ0v) is 20.8. The third kappa shape index (κ3) is 4.27. The van der Waals surface area contributed by atoms with Crippen LogP contribution in [0.25, 0.3) is 0 Å². The van der Waals surface area contributed by atoms with Gasteiger partial charge in [0.15, 0.2) is 0 Å². The van der Waals surface area contributed by atoms with Gasteiger partial charge in [0.1, 0.15) is 17.0 Å². The Kier molecular flexibility index (Phi) is 6.05. The van der Waals surface area contributed by atoms with Crippen LogP contribution in [0.2, 0.25) is 0 Å². The predicted octanol–water partition coefficient (Wildman–Crippen LogP) is 2.74. The topological polar surface area (TPSA) is 110 Å². The number of carbonyl (C=O) groups excluding carboxylic acids is 2. The van der Waals surface area contributed by atoms with Gasteiger partial charge in [-0.25, -0.2) is 12.7 Å². The highest BCUT2D eigenvalue weighted by Crippen LogP contribution is 2.46. The van der Waals surface area contributed by atoms with Gasteiger partial charge in [-0.05, 0) is 56.5 Å². The minimum Gasteiger partial charge on any atom is -0.497 e. The van der Waals surface area contributed by atoms with E-state index in [-0.39, 0.29) is 6.42 Å². The third-order valence-corrected chi connectivity index (χ3v) is 9.98. The van der Waals surface area contributed by atoms with Gasteiger partial charge < -0.3 is 10.5 Å². The highest BCUT2D eigenvalue weighted by Gasteiger charge is 2.51. The van der Waals surface area contributed by atoms with Gasteiger partial charge in [-0.15, -0.1) is 11.3 Å². The lowest BCUT2D eigenvalue weighted by Gasteiger charge is -2.33. The van der Waals surface area contributed by atoms with E-state index >= 15 is 0 Å². The predicted molar refractivity (Wildman–Crippen MR) is 126 cm³/mol. The van der Waals surface area contributed by atoms with Crippen molar-refractivity contribution in [3.05, 3.63) is 51.2 Å². The largest absolute Gasteiger partial charge is 0.497 e. The standard InChI is InChI=1S/C23H29N3O5S2/c1-23(2,3)26-19(27)12-18(33(26,29)30)17-11-15-9-10-25(20(22(24)28)21(15)32-17)13-14-5-7-16(31-4)8-6-14/h5-8,11,18,20H,9-10,12-13H2,1-4H3,(H2,24,28). The third-order valence-electron chi connectivity index (χ3n) is 6.08. The lowest BCUT2D eigenvalue weighted by atomic mass is 9.99. The first kappa shape index (κ1) is 23.7. The van der Waals surface area contributed by atoms with Gasteiger partial charge >= 0.3 is 0 Å². The fourth-order valence-corrected chi connectivity index (χ4v) is 8.61. The number of fused-ring (bicyclic) bond motifs is 1. The van der Waals surface area contributed by atoms with Crippen molar-refractivity contribution in [3.63, 3.8) is 0 Å². The van der Waals surface area contributed by atoms with Gasteiger partial charge in [0.25, 0.3) is 0 Å². The van der Waals surface area contributed by atoms with E-state index in [4.69, 9.17) is 10.5 Å². The van der Waals surface area contributed by atoms with Crippen LogP contribution in [0.5, 0.6) is 5.75 Å². The molecule has 33 heavy (non-hydrogen) atoms. The minimum atomic E-state index is -3.84. The van der Waals surface area contributed by atoms with Crippen LogP contribution in [0.4, 0.5) is 0 Å². The molecule has 2 unspecified atom stereocenters. The molecule has 2 amide bonds. The molecule has 178 valence electrons. The van der Waals surface area contributed by atoms with Crippen LogP contribution in [-0.2, 0) is 32.6 Å². The maximum absolute atomic E-state index is 13.2. The average molecular weight is 492 g/mol. The number of rotatable bonds is 5. The second-order valence-electron chi connectivity index (χ2n) is 9.48. The lowest BCUT2D eigenvalue weighted by Crippen LogP contribution is -2.45. The summed E-state index contributed by atoms with van der Waals surface area (Å²) in [7, 11) is -2.23. The highest BCUT2D eigenvalue weighted by atomic mass is 32.2. The van der Waals surface area contributed by atoms with E-state index in [1.54, 1.807) is 27.9 Å². The first-order valence-electron chi connectivity index (χ1n) is 10.8. The molecule has 0 bridgehead atoms. The van der Waals surface area contributed by atoms with Gasteiger partial charge in [0, 0.05) is 22.8 Å². The van der Waals surface area contributed by atoms with Crippen molar-refractivity contribution in [2.45, 2.75) is 57.0 Å². The first-order chi connectivity index (χ1) is 15.4. The lowest BCUT2D eigenvalue weighted by molar-refractivity contribution is -0.128. The molecular formula is C23H29N3O5S2. The van der Waals surface area contributed by atoms with Gasteiger partial charge in [-0.3, -0.25) is 14.5 Å². The summed E-state index contributed by atoms with van der Waals surface area (Å²) < 4.78 is 32.7. The van der Waals surface area contributed by atoms with Gasteiger partial charge in [0.2, 0.25) is 21.8 Å². The summed E-state index contributed by atoms with van der Waals surface area (Å²) in [5.74, 6) is -0.114. The number of carbonyl (C=O) groups is 2. The summed E-state index contributed by atoms with van der Waals surface area (Å²) in [5.41, 5.74) is 6.94.